The number of nitrogens with zero attached hydrogens (tertiary/aromatic N) is 1. The van der Waals surface area contributed by atoms with Gasteiger partial charge in [-0.25, -0.2) is 0 Å². The maximum Gasteiger partial charge on any atom is 0.133 e. The lowest BCUT2D eigenvalue weighted by Crippen LogP contribution is -2.13. The molecule has 0 bridgehead atoms. The maximum atomic E-state index is 8.93. The van der Waals surface area contributed by atoms with E-state index >= 15 is 0 Å². The highest BCUT2D eigenvalue weighted by Gasteiger charge is 2.02. The van der Waals surface area contributed by atoms with Gasteiger partial charge < -0.3 is 10.4 Å². The van der Waals surface area contributed by atoms with E-state index in [1.807, 2.05) is 33.9 Å². The minimum absolute atomic E-state index is 0.206. The average molecular weight is 369 g/mol. The largest absolute Gasteiger partial charge is 0.506 e. The standard InChI is InChI=1S/C14H18.C8H12N2O.C2H6/c1-4-6-10-13(5-2)14-11-8-7-9-12(14)3;1-6(9-2)8-4-3-7(11)5-10-8;1-2/h4-5,7-9,11H,1,6,10H2,2-3H3;3-6,9,11H,1-2H3;1-2H3/b13-5-;;. The van der Waals surface area contributed by atoms with Gasteiger partial charge in [0.2, 0.25) is 0 Å². The Morgan fingerprint density at radius 3 is 2.37 bits per heavy atom. The summed E-state index contributed by atoms with van der Waals surface area (Å²) in [5, 5.41) is 12.0. The summed E-state index contributed by atoms with van der Waals surface area (Å²) in [4.78, 5) is 4.04. The van der Waals surface area contributed by atoms with Crippen molar-refractivity contribution in [1.82, 2.24) is 10.3 Å². The van der Waals surface area contributed by atoms with Crippen LogP contribution < -0.4 is 5.32 Å². The van der Waals surface area contributed by atoms with E-state index in [4.69, 9.17) is 5.11 Å². The molecule has 148 valence electrons. The van der Waals surface area contributed by atoms with Crippen molar-refractivity contribution in [3.05, 3.63) is 78.1 Å². The van der Waals surface area contributed by atoms with E-state index in [1.54, 1.807) is 12.1 Å². The van der Waals surface area contributed by atoms with Crippen LogP contribution in [0, 0.1) is 6.92 Å². The highest BCUT2D eigenvalue weighted by atomic mass is 16.3. The first-order valence-corrected chi connectivity index (χ1v) is 9.67. The molecule has 27 heavy (non-hydrogen) atoms. The van der Waals surface area contributed by atoms with Gasteiger partial charge in [0.25, 0.3) is 0 Å². The van der Waals surface area contributed by atoms with Crippen molar-refractivity contribution in [2.45, 2.75) is 53.5 Å². The zero-order valence-electron chi connectivity index (χ0n) is 17.8. The highest BCUT2D eigenvalue weighted by Crippen LogP contribution is 2.22. The molecule has 0 saturated heterocycles. The summed E-state index contributed by atoms with van der Waals surface area (Å²) in [6, 6.07) is 12.2. The Bertz CT molecular complexity index is 675. The zero-order valence-corrected chi connectivity index (χ0v) is 17.8. The molecule has 2 N–H and O–H groups in total. The van der Waals surface area contributed by atoms with E-state index in [-0.39, 0.29) is 11.8 Å². The number of hydrogen-bond donors (Lipinski definition) is 2. The fraction of sp³-hybridized carbons (Fsp3) is 0.375. The lowest BCUT2D eigenvalue weighted by molar-refractivity contribution is 0.471. The number of pyridine rings is 1. The first-order valence-electron chi connectivity index (χ1n) is 9.67. The monoisotopic (exact) mass is 368 g/mol. The number of aromatic nitrogens is 1. The molecular weight excluding hydrogens is 332 g/mol. The van der Waals surface area contributed by atoms with E-state index in [2.05, 4.69) is 61.1 Å². The normalized spacial score (nSPS) is 11.4. The Labute approximate surface area is 165 Å². The molecule has 1 aromatic heterocycles. The molecule has 1 atom stereocenters. The Balaban J connectivity index is 0.000000469. The van der Waals surface area contributed by atoms with E-state index in [1.165, 1.54) is 22.9 Å². The average Bonchev–Trinajstić information content (AvgIpc) is 2.71. The van der Waals surface area contributed by atoms with Gasteiger partial charge >= 0.3 is 0 Å². The SMILES string of the molecule is C=CCC/C(=C/C)c1ccccc1C.CC.CNC(C)c1ccc(O)cn1. The smallest absolute Gasteiger partial charge is 0.133 e. The predicted octanol–water partition coefficient (Wildman–Crippen LogP) is 6.46. The molecule has 0 aliphatic carbocycles. The van der Waals surface area contributed by atoms with Gasteiger partial charge in [0.15, 0.2) is 0 Å². The van der Waals surface area contributed by atoms with Crippen LogP contribution >= 0.6 is 0 Å². The minimum atomic E-state index is 0.206. The van der Waals surface area contributed by atoms with Crippen LogP contribution in [0.4, 0.5) is 0 Å². The van der Waals surface area contributed by atoms with Crippen LogP contribution in [-0.2, 0) is 0 Å². The third kappa shape index (κ3) is 9.20. The number of aryl methyl sites for hydroxylation is 1. The fourth-order valence-corrected chi connectivity index (χ4v) is 2.43. The molecule has 1 aromatic carbocycles. The van der Waals surface area contributed by atoms with Crippen molar-refractivity contribution in [3.8, 4) is 5.75 Å². The lowest BCUT2D eigenvalue weighted by Gasteiger charge is -2.08. The predicted molar refractivity (Wildman–Crippen MR) is 119 cm³/mol. The van der Waals surface area contributed by atoms with Crippen LogP contribution in [0.15, 0.2) is 61.3 Å². The number of benzene rings is 1. The van der Waals surface area contributed by atoms with Crippen molar-refractivity contribution >= 4 is 5.57 Å². The van der Waals surface area contributed by atoms with Crippen LogP contribution in [0.2, 0.25) is 0 Å². The number of nitrogens with one attached hydrogen (secondary N) is 1. The van der Waals surface area contributed by atoms with Crippen molar-refractivity contribution in [3.63, 3.8) is 0 Å². The summed E-state index contributed by atoms with van der Waals surface area (Å²) in [5.74, 6) is 0.206. The maximum absolute atomic E-state index is 8.93. The number of rotatable bonds is 6. The summed E-state index contributed by atoms with van der Waals surface area (Å²) in [6.07, 6.45) is 7.76. The van der Waals surface area contributed by atoms with Gasteiger partial charge in [-0.3, -0.25) is 4.98 Å². The van der Waals surface area contributed by atoms with Crippen LogP contribution in [0.5, 0.6) is 5.75 Å². The van der Waals surface area contributed by atoms with Gasteiger partial charge in [-0.2, -0.15) is 0 Å². The second-order valence-electron chi connectivity index (χ2n) is 5.91. The summed E-state index contributed by atoms with van der Waals surface area (Å²) in [6.45, 7) is 14.0. The highest BCUT2D eigenvalue weighted by molar-refractivity contribution is 5.67. The molecule has 2 rings (SSSR count). The quantitative estimate of drug-likeness (QED) is 0.575. The van der Waals surface area contributed by atoms with Gasteiger partial charge in [0, 0.05) is 6.04 Å². The van der Waals surface area contributed by atoms with Crippen LogP contribution in [-0.4, -0.2) is 17.1 Å². The van der Waals surface area contributed by atoms with Gasteiger partial charge in [0.05, 0.1) is 11.9 Å². The summed E-state index contributed by atoms with van der Waals surface area (Å²) in [5.41, 5.74) is 5.08. The molecule has 0 fully saturated rings. The summed E-state index contributed by atoms with van der Waals surface area (Å²) < 4.78 is 0. The molecular formula is C24H36N2O. The van der Waals surface area contributed by atoms with Gasteiger partial charge in [-0.05, 0) is 69.5 Å². The van der Waals surface area contributed by atoms with Crippen LogP contribution in [0.3, 0.4) is 0 Å². The van der Waals surface area contributed by atoms with E-state index < -0.39 is 0 Å². The zero-order chi connectivity index (χ0) is 20.7. The molecule has 0 aliphatic heterocycles. The first kappa shape index (κ1) is 24.6. The Morgan fingerprint density at radius 2 is 1.89 bits per heavy atom. The Kier molecular flexibility index (Phi) is 13.4. The fourth-order valence-electron chi connectivity index (χ4n) is 2.43. The second-order valence-corrected chi connectivity index (χ2v) is 5.91. The molecule has 1 heterocycles. The second kappa shape index (κ2) is 14.7. The van der Waals surface area contributed by atoms with Crippen LogP contribution in [0.1, 0.15) is 63.4 Å². The van der Waals surface area contributed by atoms with Gasteiger partial charge in [0.1, 0.15) is 5.75 Å². The molecule has 0 spiro atoms. The lowest BCUT2D eigenvalue weighted by atomic mass is 9.97. The van der Waals surface area contributed by atoms with Crippen molar-refractivity contribution in [2.75, 3.05) is 7.05 Å². The van der Waals surface area contributed by atoms with Crippen molar-refractivity contribution in [2.24, 2.45) is 0 Å². The Hall–Kier alpha value is -2.39. The van der Waals surface area contributed by atoms with Gasteiger partial charge in [-0.15, -0.1) is 6.58 Å². The number of aromatic hydroxyl groups is 1. The van der Waals surface area contributed by atoms with E-state index in [0.717, 1.165) is 18.5 Å². The minimum Gasteiger partial charge on any atom is -0.506 e. The molecule has 3 heteroatoms. The molecule has 0 amide bonds. The first-order chi connectivity index (χ1) is 13.0. The molecule has 0 saturated carbocycles. The molecule has 0 radical (unpaired) electrons. The third-order valence-electron chi connectivity index (χ3n) is 4.10. The van der Waals surface area contributed by atoms with Crippen molar-refractivity contribution < 1.29 is 5.11 Å². The van der Waals surface area contributed by atoms with E-state index in [9.17, 15) is 0 Å². The van der Waals surface area contributed by atoms with E-state index in [0.29, 0.717) is 0 Å². The van der Waals surface area contributed by atoms with Gasteiger partial charge in [-0.1, -0.05) is 50.3 Å². The molecule has 0 aliphatic rings. The summed E-state index contributed by atoms with van der Waals surface area (Å²) >= 11 is 0. The van der Waals surface area contributed by atoms with Crippen LogP contribution in [0.25, 0.3) is 5.57 Å². The molecule has 2 aromatic rings. The Morgan fingerprint density at radius 1 is 1.22 bits per heavy atom. The van der Waals surface area contributed by atoms with Crippen molar-refractivity contribution in [1.29, 1.82) is 0 Å². The number of hydrogen-bond acceptors (Lipinski definition) is 3. The third-order valence-corrected chi connectivity index (χ3v) is 4.10. The molecule has 3 nitrogen and oxygen atoms in total. The molecule has 1 unspecified atom stereocenters. The summed E-state index contributed by atoms with van der Waals surface area (Å²) in [7, 11) is 1.87. The number of allylic oxidation sites excluding steroid dienone is 3. The topological polar surface area (TPSA) is 45.1 Å².